The smallest absolute Gasteiger partial charge is 0.243 e. The van der Waals surface area contributed by atoms with Gasteiger partial charge in [-0.25, -0.2) is 0 Å². The average Bonchev–Trinajstić information content (AvgIpc) is 3.43. The van der Waals surface area contributed by atoms with Gasteiger partial charge in [0, 0.05) is 29.9 Å². The highest BCUT2D eigenvalue weighted by molar-refractivity contribution is 9.10. The van der Waals surface area contributed by atoms with Gasteiger partial charge in [-0.3, -0.25) is 9.59 Å². The van der Waals surface area contributed by atoms with E-state index in [1.165, 1.54) is 5.56 Å². The van der Waals surface area contributed by atoms with Crippen LogP contribution in [0.25, 0.3) is 0 Å². The maximum absolute atomic E-state index is 13.7. The Hall–Kier alpha value is -3.12. The quantitative estimate of drug-likeness (QED) is 0.247. The Balaban J connectivity index is 1.51. The summed E-state index contributed by atoms with van der Waals surface area (Å²) in [5.74, 6) is 0.687. The molecule has 1 N–H and O–H groups in total. The Morgan fingerprint density at radius 2 is 1.68 bits per heavy atom. The number of ether oxygens (including phenoxy) is 1. The third kappa shape index (κ3) is 8.45. The van der Waals surface area contributed by atoms with Gasteiger partial charge in [0.15, 0.2) is 0 Å². The number of nitrogens with zero attached hydrogens (tertiary/aromatic N) is 1. The van der Waals surface area contributed by atoms with Crippen LogP contribution < -0.4 is 10.1 Å². The molecule has 4 rings (SSSR count). The lowest BCUT2D eigenvalue weighted by atomic mass is 10.0. The molecule has 0 bridgehead atoms. The molecule has 200 valence electrons. The van der Waals surface area contributed by atoms with Crippen LogP contribution in [0.4, 0.5) is 0 Å². The van der Waals surface area contributed by atoms with Crippen molar-refractivity contribution in [2.45, 2.75) is 70.5 Å². The zero-order valence-corrected chi connectivity index (χ0v) is 23.7. The molecule has 0 saturated heterocycles. The molecule has 1 saturated carbocycles. The molecule has 0 aliphatic heterocycles. The van der Waals surface area contributed by atoms with Gasteiger partial charge in [0.05, 0.1) is 6.61 Å². The minimum atomic E-state index is -0.595. The Bertz CT molecular complexity index is 1180. The lowest BCUT2D eigenvalue weighted by Crippen LogP contribution is -2.52. The van der Waals surface area contributed by atoms with Gasteiger partial charge in [-0.2, -0.15) is 0 Å². The Morgan fingerprint density at radius 1 is 0.974 bits per heavy atom. The van der Waals surface area contributed by atoms with E-state index in [2.05, 4.69) is 21.2 Å². The summed E-state index contributed by atoms with van der Waals surface area (Å²) in [4.78, 5) is 29.2. The Labute approximate surface area is 234 Å². The first-order valence-electron chi connectivity index (χ1n) is 13.6. The lowest BCUT2D eigenvalue weighted by Gasteiger charge is -2.32. The molecule has 1 aliphatic carbocycles. The van der Waals surface area contributed by atoms with Gasteiger partial charge in [-0.05, 0) is 61.6 Å². The van der Waals surface area contributed by atoms with E-state index in [4.69, 9.17) is 4.74 Å². The van der Waals surface area contributed by atoms with Crippen LogP contribution in [-0.4, -0.2) is 35.4 Å². The summed E-state index contributed by atoms with van der Waals surface area (Å²) in [5.41, 5.74) is 3.19. The number of amides is 2. The summed E-state index contributed by atoms with van der Waals surface area (Å²) in [7, 11) is 0. The summed E-state index contributed by atoms with van der Waals surface area (Å²) in [5, 5.41) is 3.26. The van der Waals surface area contributed by atoms with Crippen LogP contribution in [0.15, 0.2) is 83.3 Å². The molecule has 0 heterocycles. The van der Waals surface area contributed by atoms with Crippen molar-refractivity contribution in [2.75, 3.05) is 6.61 Å². The largest absolute Gasteiger partial charge is 0.494 e. The first-order valence-corrected chi connectivity index (χ1v) is 14.3. The Kier molecular flexibility index (Phi) is 10.4. The number of rotatable bonds is 12. The normalized spacial score (nSPS) is 14.2. The summed E-state index contributed by atoms with van der Waals surface area (Å²) >= 11 is 3.55. The molecule has 3 aromatic carbocycles. The van der Waals surface area contributed by atoms with Gasteiger partial charge in [0.25, 0.3) is 0 Å². The Morgan fingerprint density at radius 3 is 2.39 bits per heavy atom. The van der Waals surface area contributed by atoms with Crippen molar-refractivity contribution >= 4 is 27.7 Å². The topological polar surface area (TPSA) is 58.6 Å². The van der Waals surface area contributed by atoms with Crippen LogP contribution in [-0.2, 0) is 22.6 Å². The molecule has 2 amide bonds. The van der Waals surface area contributed by atoms with E-state index in [1.54, 1.807) is 4.90 Å². The van der Waals surface area contributed by atoms with Gasteiger partial charge in [0.2, 0.25) is 11.8 Å². The van der Waals surface area contributed by atoms with E-state index < -0.39 is 6.04 Å². The van der Waals surface area contributed by atoms with Crippen LogP contribution in [0.3, 0.4) is 0 Å². The van der Waals surface area contributed by atoms with Crippen molar-refractivity contribution in [2.24, 2.45) is 0 Å². The minimum Gasteiger partial charge on any atom is -0.494 e. The van der Waals surface area contributed by atoms with E-state index in [0.717, 1.165) is 47.0 Å². The average molecular weight is 578 g/mol. The van der Waals surface area contributed by atoms with Crippen LogP contribution >= 0.6 is 15.9 Å². The molecule has 38 heavy (non-hydrogen) atoms. The molecule has 0 radical (unpaired) electrons. The van der Waals surface area contributed by atoms with Crippen molar-refractivity contribution in [3.63, 3.8) is 0 Å². The second kappa shape index (κ2) is 14.1. The second-order valence-corrected chi connectivity index (χ2v) is 11.0. The fraction of sp³-hybridized carbons (Fsp3) is 0.375. The van der Waals surface area contributed by atoms with E-state index in [-0.39, 0.29) is 17.9 Å². The zero-order valence-electron chi connectivity index (χ0n) is 22.1. The van der Waals surface area contributed by atoms with E-state index in [9.17, 15) is 9.59 Å². The van der Waals surface area contributed by atoms with Crippen LogP contribution in [0.1, 0.15) is 55.2 Å². The molecule has 3 aromatic rings. The molecule has 0 unspecified atom stereocenters. The van der Waals surface area contributed by atoms with Crippen molar-refractivity contribution in [1.29, 1.82) is 0 Å². The number of benzene rings is 3. The summed E-state index contributed by atoms with van der Waals surface area (Å²) in [6, 6.07) is 25.4. The SMILES string of the molecule is Cc1ccc(OCCCC(=O)N(Cc2cccc(Br)c2)[C@@H](Cc2ccccc2)C(=O)NC2CCCC2)cc1. The number of halogens is 1. The first kappa shape index (κ1) is 27.9. The number of hydrogen-bond acceptors (Lipinski definition) is 3. The van der Waals surface area contributed by atoms with Gasteiger partial charge < -0.3 is 15.0 Å². The van der Waals surface area contributed by atoms with Gasteiger partial charge >= 0.3 is 0 Å². The third-order valence-electron chi connectivity index (χ3n) is 7.04. The van der Waals surface area contributed by atoms with Crippen LogP contribution in [0, 0.1) is 6.92 Å². The monoisotopic (exact) mass is 576 g/mol. The van der Waals surface area contributed by atoms with Crippen LogP contribution in [0.2, 0.25) is 0 Å². The lowest BCUT2D eigenvalue weighted by molar-refractivity contribution is -0.141. The highest BCUT2D eigenvalue weighted by Gasteiger charge is 2.32. The standard InChI is InChI=1S/C32H37BrN2O3/c1-24-16-18-29(19-17-24)38-20-8-15-31(36)35(23-26-11-7-12-27(33)21-26)30(22-25-9-3-2-4-10-25)32(37)34-28-13-5-6-14-28/h2-4,7,9-12,16-19,21,28,30H,5-6,8,13-15,20,22-23H2,1H3,(H,34,37)/t30-/m0/s1. The zero-order chi connectivity index (χ0) is 26.7. The fourth-order valence-electron chi connectivity index (χ4n) is 4.95. The number of carbonyl (C=O) groups excluding carboxylic acids is 2. The first-order chi connectivity index (χ1) is 18.5. The van der Waals surface area contributed by atoms with Crippen molar-refractivity contribution in [1.82, 2.24) is 10.2 Å². The van der Waals surface area contributed by atoms with Crippen LogP contribution in [0.5, 0.6) is 5.75 Å². The minimum absolute atomic E-state index is 0.0417. The molecule has 1 atom stereocenters. The van der Waals surface area contributed by atoms with Crippen molar-refractivity contribution in [3.05, 3.63) is 100 Å². The van der Waals surface area contributed by atoms with E-state index in [0.29, 0.717) is 32.4 Å². The third-order valence-corrected chi connectivity index (χ3v) is 7.53. The predicted molar refractivity (Wildman–Crippen MR) is 155 cm³/mol. The predicted octanol–water partition coefficient (Wildman–Crippen LogP) is 6.62. The van der Waals surface area contributed by atoms with Gasteiger partial charge in [-0.15, -0.1) is 0 Å². The second-order valence-electron chi connectivity index (χ2n) is 10.1. The molecule has 1 fully saturated rings. The molecule has 1 aliphatic rings. The fourth-order valence-corrected chi connectivity index (χ4v) is 5.39. The number of hydrogen-bond donors (Lipinski definition) is 1. The molecule has 0 aromatic heterocycles. The number of carbonyl (C=O) groups is 2. The van der Waals surface area contributed by atoms with Gasteiger partial charge in [-0.1, -0.05) is 88.9 Å². The highest BCUT2D eigenvalue weighted by atomic mass is 79.9. The molecule has 6 heteroatoms. The summed E-state index contributed by atoms with van der Waals surface area (Å²) in [6.45, 7) is 2.85. The van der Waals surface area contributed by atoms with Crippen molar-refractivity contribution < 1.29 is 14.3 Å². The molecule has 0 spiro atoms. The maximum atomic E-state index is 13.7. The summed E-state index contributed by atoms with van der Waals surface area (Å²) < 4.78 is 6.81. The summed E-state index contributed by atoms with van der Waals surface area (Å²) in [6.07, 6.45) is 5.62. The molecular weight excluding hydrogens is 540 g/mol. The molecular formula is C32H37BrN2O3. The number of nitrogens with one attached hydrogen (secondary N) is 1. The van der Waals surface area contributed by atoms with Gasteiger partial charge in [0.1, 0.15) is 11.8 Å². The van der Waals surface area contributed by atoms with E-state index in [1.807, 2.05) is 85.8 Å². The molecule has 5 nitrogen and oxygen atoms in total. The number of aryl methyl sites for hydroxylation is 1. The maximum Gasteiger partial charge on any atom is 0.243 e. The van der Waals surface area contributed by atoms with E-state index >= 15 is 0 Å². The highest BCUT2D eigenvalue weighted by Crippen LogP contribution is 2.22. The van der Waals surface area contributed by atoms with Crippen molar-refractivity contribution in [3.8, 4) is 5.75 Å².